The number of benzene rings is 2. The average Bonchev–Trinajstić information content (AvgIpc) is 3.07. The van der Waals surface area contributed by atoms with Crippen molar-refractivity contribution >= 4 is 39.1 Å². The highest BCUT2D eigenvalue weighted by molar-refractivity contribution is 7.18. The molecule has 1 aliphatic rings. The first-order valence-corrected chi connectivity index (χ1v) is 9.19. The summed E-state index contributed by atoms with van der Waals surface area (Å²) in [6, 6.07) is 7.23. The molecule has 0 fully saturated rings. The highest BCUT2D eigenvalue weighted by atomic mass is 32.1. The van der Waals surface area contributed by atoms with Gasteiger partial charge in [-0.25, -0.2) is 13.8 Å². The molecule has 3 aromatic rings. The van der Waals surface area contributed by atoms with Crippen LogP contribution < -0.4 is 9.64 Å². The van der Waals surface area contributed by atoms with Gasteiger partial charge in [0.2, 0.25) is 0 Å². The van der Waals surface area contributed by atoms with E-state index in [-0.39, 0.29) is 16.8 Å². The number of carbonyl (C=O) groups excluding carboxylic acids is 1. The minimum atomic E-state index is -1.19. The smallest absolute Gasteiger partial charge is 0.307 e. The number of thiazole rings is 1. The van der Waals surface area contributed by atoms with E-state index in [2.05, 4.69) is 4.98 Å². The van der Waals surface area contributed by atoms with E-state index in [4.69, 9.17) is 9.84 Å². The molecule has 0 aliphatic carbocycles. The Morgan fingerprint density at radius 2 is 2.04 bits per heavy atom. The fourth-order valence-electron chi connectivity index (χ4n) is 3.13. The molecule has 0 saturated heterocycles. The maximum atomic E-state index is 14.0. The van der Waals surface area contributed by atoms with Gasteiger partial charge in [0.15, 0.2) is 11.9 Å². The number of ether oxygens (including phenoxy) is 1. The molecule has 0 radical (unpaired) electrons. The normalized spacial score (nSPS) is 16.2. The van der Waals surface area contributed by atoms with Gasteiger partial charge in [-0.2, -0.15) is 0 Å². The number of nitrogens with zero attached hydrogens (tertiary/aromatic N) is 2. The minimum Gasteiger partial charge on any atom is -0.481 e. The van der Waals surface area contributed by atoms with E-state index >= 15 is 0 Å². The highest BCUT2D eigenvalue weighted by Gasteiger charge is 2.37. The number of fused-ring (bicyclic) bond motifs is 2. The van der Waals surface area contributed by atoms with E-state index in [0.29, 0.717) is 16.4 Å². The van der Waals surface area contributed by atoms with Crippen molar-refractivity contribution in [2.75, 3.05) is 4.90 Å². The van der Waals surface area contributed by atoms with Gasteiger partial charge in [-0.3, -0.25) is 14.5 Å². The molecule has 28 heavy (non-hydrogen) atoms. The maximum Gasteiger partial charge on any atom is 0.307 e. The molecule has 4 rings (SSSR count). The molecule has 1 unspecified atom stereocenters. The van der Waals surface area contributed by atoms with Gasteiger partial charge >= 0.3 is 5.97 Å². The van der Waals surface area contributed by atoms with Crippen LogP contribution in [0.3, 0.4) is 0 Å². The predicted octanol–water partition coefficient (Wildman–Crippen LogP) is 3.65. The average molecular weight is 404 g/mol. The first-order chi connectivity index (χ1) is 13.3. The summed E-state index contributed by atoms with van der Waals surface area (Å²) in [6.07, 6.45) is -1.68. The summed E-state index contributed by atoms with van der Waals surface area (Å²) in [7, 11) is 0. The van der Waals surface area contributed by atoms with E-state index < -0.39 is 36.0 Å². The number of aryl methyl sites for hydroxylation is 1. The largest absolute Gasteiger partial charge is 0.481 e. The van der Waals surface area contributed by atoms with Crippen LogP contribution in [0, 0.1) is 18.6 Å². The number of halogens is 2. The van der Waals surface area contributed by atoms with Crippen LogP contribution in [0.25, 0.3) is 10.2 Å². The molecule has 0 spiro atoms. The summed E-state index contributed by atoms with van der Waals surface area (Å²) in [5.74, 6) is -2.53. The number of carbonyl (C=O) groups is 2. The fraction of sp³-hybridized carbons (Fsp3) is 0.211. The first kappa shape index (κ1) is 18.3. The molecule has 2 aromatic carbocycles. The zero-order valence-electron chi connectivity index (χ0n) is 14.6. The van der Waals surface area contributed by atoms with Crippen LogP contribution in [-0.2, 0) is 16.1 Å². The Kier molecular flexibility index (Phi) is 4.46. The molecule has 1 aromatic heterocycles. The number of para-hydroxylation sites is 1. The van der Waals surface area contributed by atoms with Crippen LogP contribution in [-0.4, -0.2) is 28.1 Å². The summed E-state index contributed by atoms with van der Waals surface area (Å²) >= 11 is 0.951. The van der Waals surface area contributed by atoms with Crippen LogP contribution >= 0.6 is 11.3 Å². The van der Waals surface area contributed by atoms with Crippen molar-refractivity contribution < 1.29 is 28.2 Å². The van der Waals surface area contributed by atoms with Crippen molar-refractivity contribution in [1.29, 1.82) is 0 Å². The summed E-state index contributed by atoms with van der Waals surface area (Å²) < 4.78 is 33.6. The number of amides is 1. The number of hydrogen-bond acceptors (Lipinski definition) is 5. The Morgan fingerprint density at radius 1 is 1.29 bits per heavy atom. The molecule has 9 heteroatoms. The quantitative estimate of drug-likeness (QED) is 0.718. The van der Waals surface area contributed by atoms with Crippen LogP contribution in [0.1, 0.15) is 17.0 Å². The van der Waals surface area contributed by atoms with Gasteiger partial charge in [0.05, 0.1) is 23.4 Å². The molecule has 0 saturated carbocycles. The second kappa shape index (κ2) is 6.83. The molecule has 1 amide bonds. The zero-order valence-corrected chi connectivity index (χ0v) is 15.4. The van der Waals surface area contributed by atoms with Gasteiger partial charge in [-0.05, 0) is 30.7 Å². The lowest BCUT2D eigenvalue weighted by Gasteiger charge is -2.34. The summed E-state index contributed by atoms with van der Waals surface area (Å²) in [4.78, 5) is 29.5. The number of rotatable bonds is 4. The van der Waals surface area contributed by atoms with Crippen molar-refractivity contribution in [3.63, 3.8) is 0 Å². The maximum absolute atomic E-state index is 14.0. The van der Waals surface area contributed by atoms with Crippen molar-refractivity contribution in [2.24, 2.45) is 0 Å². The molecular weight excluding hydrogens is 390 g/mol. The number of carboxylic acid groups (broad SMARTS) is 1. The first-order valence-electron chi connectivity index (χ1n) is 8.38. The van der Waals surface area contributed by atoms with E-state index in [1.165, 1.54) is 4.90 Å². The standard InChI is InChI=1S/C19H14F2N2O4S/c1-9-3-2-4-12-17(9)27-13(7-15(24)25)19(26)23(12)8-14-22-16-10(20)5-6-11(21)18(16)28-14/h2-6,13H,7-8H2,1H3,(H,24,25). The number of anilines is 1. The second-order valence-electron chi connectivity index (χ2n) is 6.37. The van der Waals surface area contributed by atoms with Crippen LogP contribution in [0.2, 0.25) is 0 Å². The van der Waals surface area contributed by atoms with Crippen LogP contribution in [0.15, 0.2) is 30.3 Å². The monoisotopic (exact) mass is 404 g/mol. The summed E-state index contributed by atoms with van der Waals surface area (Å²) in [6.45, 7) is 1.74. The van der Waals surface area contributed by atoms with E-state index in [1.807, 2.05) is 0 Å². The lowest BCUT2D eigenvalue weighted by Crippen LogP contribution is -2.46. The fourth-order valence-corrected chi connectivity index (χ4v) is 4.10. The van der Waals surface area contributed by atoms with E-state index in [1.54, 1.807) is 25.1 Å². The Hall–Kier alpha value is -3.07. The zero-order chi connectivity index (χ0) is 20.0. The summed E-state index contributed by atoms with van der Waals surface area (Å²) in [5.41, 5.74) is 1.12. The predicted molar refractivity (Wildman–Crippen MR) is 98.6 cm³/mol. The Morgan fingerprint density at radius 3 is 2.75 bits per heavy atom. The lowest BCUT2D eigenvalue weighted by atomic mass is 10.1. The van der Waals surface area contributed by atoms with Crippen molar-refractivity contribution in [2.45, 2.75) is 26.0 Å². The Balaban J connectivity index is 1.76. The number of aliphatic carboxylic acids is 1. The van der Waals surface area contributed by atoms with Crippen molar-refractivity contribution in [1.82, 2.24) is 4.98 Å². The van der Waals surface area contributed by atoms with Gasteiger partial charge in [-0.1, -0.05) is 12.1 Å². The minimum absolute atomic E-state index is 0.0486. The van der Waals surface area contributed by atoms with Gasteiger partial charge in [0, 0.05) is 0 Å². The molecule has 2 heterocycles. The third-order valence-corrected chi connectivity index (χ3v) is 5.48. The Labute approximate surface area is 162 Å². The molecule has 1 N–H and O–H groups in total. The number of carboxylic acids is 1. The number of aromatic nitrogens is 1. The topological polar surface area (TPSA) is 79.7 Å². The SMILES string of the molecule is Cc1cccc2c1OC(CC(=O)O)C(=O)N2Cc1nc2c(F)ccc(F)c2s1. The molecule has 0 bridgehead atoms. The van der Waals surface area contributed by atoms with E-state index in [9.17, 15) is 18.4 Å². The summed E-state index contributed by atoms with van der Waals surface area (Å²) in [5, 5.41) is 9.42. The highest BCUT2D eigenvalue weighted by Crippen LogP contribution is 2.39. The van der Waals surface area contributed by atoms with Crippen LogP contribution in [0.4, 0.5) is 14.5 Å². The van der Waals surface area contributed by atoms with Gasteiger partial charge < -0.3 is 9.84 Å². The van der Waals surface area contributed by atoms with Crippen molar-refractivity contribution in [3.05, 3.63) is 52.5 Å². The molecule has 6 nitrogen and oxygen atoms in total. The molecule has 1 atom stereocenters. The Bertz CT molecular complexity index is 1080. The van der Waals surface area contributed by atoms with Gasteiger partial charge in [-0.15, -0.1) is 11.3 Å². The third-order valence-electron chi connectivity index (χ3n) is 4.43. The van der Waals surface area contributed by atoms with Gasteiger partial charge in [0.1, 0.15) is 22.1 Å². The van der Waals surface area contributed by atoms with Crippen molar-refractivity contribution in [3.8, 4) is 5.75 Å². The van der Waals surface area contributed by atoms with Gasteiger partial charge in [0.25, 0.3) is 5.91 Å². The molecule has 144 valence electrons. The van der Waals surface area contributed by atoms with E-state index in [0.717, 1.165) is 29.0 Å². The molecular formula is C19H14F2N2O4S. The molecule has 1 aliphatic heterocycles. The lowest BCUT2D eigenvalue weighted by molar-refractivity contribution is -0.142. The van der Waals surface area contributed by atoms with Crippen LogP contribution in [0.5, 0.6) is 5.75 Å². The second-order valence-corrected chi connectivity index (χ2v) is 7.45. The number of hydrogen-bond donors (Lipinski definition) is 1. The third kappa shape index (κ3) is 3.07.